The second kappa shape index (κ2) is 15.3. The van der Waals surface area contributed by atoms with Crippen molar-refractivity contribution >= 4 is 5.97 Å². The van der Waals surface area contributed by atoms with E-state index in [9.17, 15) is 4.79 Å². The highest BCUT2D eigenvalue weighted by Gasteiger charge is 1.96. The Kier molecular flexibility index (Phi) is 14.0. The fourth-order valence-corrected chi connectivity index (χ4v) is 1.46. The molecular weight excluding hydrogens is 252 g/mol. The van der Waals surface area contributed by atoms with Gasteiger partial charge in [0.1, 0.15) is 13.2 Å². The first-order valence-electron chi connectivity index (χ1n) is 7.02. The molecule has 0 bridgehead atoms. The Morgan fingerprint density at radius 3 is 2.55 bits per heavy atom. The smallest absolute Gasteiger partial charge is 0.331 e. The van der Waals surface area contributed by atoms with Gasteiger partial charge in [-0.05, 0) is 31.1 Å². The molecular formula is C17H24O3. The average molecular weight is 276 g/mol. The van der Waals surface area contributed by atoms with Crippen LogP contribution in [-0.2, 0) is 14.3 Å². The predicted molar refractivity (Wildman–Crippen MR) is 80.9 cm³/mol. The van der Waals surface area contributed by atoms with E-state index in [4.69, 9.17) is 4.74 Å². The number of methoxy groups -OCH3 is 1. The normalized spacial score (nSPS) is 8.85. The molecule has 0 N–H and O–H groups in total. The van der Waals surface area contributed by atoms with Crippen LogP contribution in [0.4, 0.5) is 0 Å². The lowest BCUT2D eigenvalue weighted by Gasteiger charge is -1.96. The van der Waals surface area contributed by atoms with Gasteiger partial charge in [0.2, 0.25) is 0 Å². The number of esters is 1. The van der Waals surface area contributed by atoms with Gasteiger partial charge in [-0.2, -0.15) is 0 Å². The van der Waals surface area contributed by atoms with E-state index in [-0.39, 0.29) is 13.2 Å². The van der Waals surface area contributed by atoms with Gasteiger partial charge in [0.25, 0.3) is 0 Å². The fraction of sp³-hybridized carbons (Fsp3) is 0.588. The van der Waals surface area contributed by atoms with E-state index in [1.165, 1.54) is 32.8 Å². The van der Waals surface area contributed by atoms with E-state index in [2.05, 4.69) is 35.0 Å². The lowest BCUT2D eigenvalue weighted by molar-refractivity contribution is -0.145. The van der Waals surface area contributed by atoms with Crippen molar-refractivity contribution in [2.75, 3.05) is 20.3 Å². The lowest BCUT2D eigenvalue weighted by atomic mass is 10.1. The molecule has 0 spiro atoms. The van der Waals surface area contributed by atoms with Crippen molar-refractivity contribution in [1.82, 2.24) is 0 Å². The summed E-state index contributed by atoms with van der Waals surface area (Å²) in [7, 11) is 1.32. The maximum absolute atomic E-state index is 10.7. The van der Waals surface area contributed by atoms with Crippen LogP contribution in [-0.4, -0.2) is 26.3 Å². The van der Waals surface area contributed by atoms with E-state index in [1.54, 1.807) is 0 Å². The van der Waals surface area contributed by atoms with Crippen molar-refractivity contribution in [3.8, 4) is 23.7 Å². The SMILES string of the molecule is C=CCCCCCCCC#CC#CCOCC(=O)OC. The van der Waals surface area contributed by atoms with Gasteiger partial charge in [-0.3, -0.25) is 0 Å². The molecule has 0 aromatic carbocycles. The Morgan fingerprint density at radius 1 is 1.10 bits per heavy atom. The van der Waals surface area contributed by atoms with Crippen molar-refractivity contribution in [3.63, 3.8) is 0 Å². The zero-order valence-corrected chi connectivity index (χ0v) is 12.4. The van der Waals surface area contributed by atoms with E-state index >= 15 is 0 Å². The zero-order valence-electron chi connectivity index (χ0n) is 12.4. The van der Waals surface area contributed by atoms with Crippen LogP contribution in [0.15, 0.2) is 12.7 Å². The van der Waals surface area contributed by atoms with Crippen LogP contribution in [0.25, 0.3) is 0 Å². The van der Waals surface area contributed by atoms with Gasteiger partial charge in [-0.1, -0.05) is 37.2 Å². The summed E-state index contributed by atoms with van der Waals surface area (Å²) in [6, 6.07) is 0. The van der Waals surface area contributed by atoms with Crippen molar-refractivity contribution in [2.24, 2.45) is 0 Å². The highest BCUT2D eigenvalue weighted by Crippen LogP contribution is 2.06. The first-order valence-corrected chi connectivity index (χ1v) is 7.02. The lowest BCUT2D eigenvalue weighted by Crippen LogP contribution is -2.10. The Bertz CT molecular complexity index is 377. The summed E-state index contributed by atoms with van der Waals surface area (Å²) in [6.45, 7) is 3.84. The summed E-state index contributed by atoms with van der Waals surface area (Å²) in [5, 5.41) is 0. The molecule has 0 saturated heterocycles. The number of carbonyl (C=O) groups excluding carboxylic acids is 1. The summed E-state index contributed by atoms with van der Waals surface area (Å²) in [5.41, 5.74) is 0. The van der Waals surface area contributed by atoms with Crippen LogP contribution in [0.1, 0.15) is 44.9 Å². The molecule has 110 valence electrons. The van der Waals surface area contributed by atoms with Crippen molar-refractivity contribution < 1.29 is 14.3 Å². The first kappa shape index (κ1) is 18.3. The van der Waals surface area contributed by atoms with Crippen LogP contribution in [0, 0.1) is 23.7 Å². The topological polar surface area (TPSA) is 35.5 Å². The molecule has 0 rings (SSSR count). The summed E-state index contributed by atoms with van der Waals surface area (Å²) in [6.07, 6.45) is 10.1. The molecule has 0 aliphatic carbocycles. The molecule has 0 radical (unpaired) electrons. The second-order valence-corrected chi connectivity index (χ2v) is 4.27. The number of ether oxygens (including phenoxy) is 2. The molecule has 0 aliphatic heterocycles. The van der Waals surface area contributed by atoms with E-state index in [0.717, 1.165) is 19.3 Å². The van der Waals surface area contributed by atoms with Gasteiger partial charge < -0.3 is 9.47 Å². The Morgan fingerprint density at radius 2 is 1.80 bits per heavy atom. The van der Waals surface area contributed by atoms with Crippen LogP contribution in [0.2, 0.25) is 0 Å². The van der Waals surface area contributed by atoms with Crippen LogP contribution in [0.5, 0.6) is 0 Å². The number of unbranched alkanes of at least 4 members (excludes halogenated alkanes) is 6. The van der Waals surface area contributed by atoms with Crippen LogP contribution >= 0.6 is 0 Å². The molecule has 3 nitrogen and oxygen atoms in total. The van der Waals surface area contributed by atoms with E-state index in [0.29, 0.717) is 0 Å². The zero-order chi connectivity index (χ0) is 14.9. The van der Waals surface area contributed by atoms with Gasteiger partial charge in [0.15, 0.2) is 0 Å². The number of hydrogen-bond donors (Lipinski definition) is 0. The number of rotatable bonds is 10. The molecule has 0 heterocycles. The minimum absolute atomic E-state index is 0.0650. The van der Waals surface area contributed by atoms with E-state index < -0.39 is 5.97 Å². The summed E-state index contributed by atoms with van der Waals surface area (Å²) < 4.78 is 9.37. The third-order valence-electron chi connectivity index (χ3n) is 2.57. The second-order valence-electron chi connectivity index (χ2n) is 4.27. The third-order valence-corrected chi connectivity index (χ3v) is 2.57. The van der Waals surface area contributed by atoms with Crippen LogP contribution < -0.4 is 0 Å². The first-order chi connectivity index (χ1) is 9.81. The molecule has 0 aliphatic rings. The summed E-state index contributed by atoms with van der Waals surface area (Å²) >= 11 is 0. The molecule has 0 saturated carbocycles. The molecule has 0 aromatic rings. The quantitative estimate of drug-likeness (QED) is 0.266. The third kappa shape index (κ3) is 14.4. The molecule has 0 amide bonds. The van der Waals surface area contributed by atoms with Crippen molar-refractivity contribution in [1.29, 1.82) is 0 Å². The number of allylic oxidation sites excluding steroid dienone is 1. The number of carbonyl (C=O) groups is 1. The Hall–Kier alpha value is -1.71. The van der Waals surface area contributed by atoms with E-state index in [1.807, 2.05) is 6.08 Å². The van der Waals surface area contributed by atoms with Crippen molar-refractivity contribution in [3.05, 3.63) is 12.7 Å². The largest absolute Gasteiger partial charge is 0.467 e. The van der Waals surface area contributed by atoms with Gasteiger partial charge in [0, 0.05) is 6.42 Å². The highest BCUT2D eigenvalue weighted by atomic mass is 16.6. The fourth-order valence-electron chi connectivity index (χ4n) is 1.46. The minimum Gasteiger partial charge on any atom is -0.467 e. The maximum atomic E-state index is 10.7. The number of hydrogen-bond acceptors (Lipinski definition) is 3. The van der Waals surface area contributed by atoms with Crippen LogP contribution in [0.3, 0.4) is 0 Å². The summed E-state index contributed by atoms with van der Waals surface area (Å²) in [4.78, 5) is 10.7. The van der Waals surface area contributed by atoms with Gasteiger partial charge in [-0.25, -0.2) is 4.79 Å². The molecule has 0 fully saturated rings. The molecule has 0 aromatic heterocycles. The summed E-state index contributed by atoms with van der Waals surface area (Å²) in [5.74, 6) is 10.8. The highest BCUT2D eigenvalue weighted by molar-refractivity contribution is 5.70. The molecule has 3 heteroatoms. The maximum Gasteiger partial charge on any atom is 0.331 e. The standard InChI is InChI=1S/C17H24O3/c1-3-4-5-6-7-8-9-10-11-12-13-14-15-20-16-17(18)19-2/h3H,1,4-10,15-16H2,2H3. The minimum atomic E-state index is -0.397. The van der Waals surface area contributed by atoms with Gasteiger partial charge in [-0.15, -0.1) is 6.58 Å². The molecule has 0 atom stereocenters. The van der Waals surface area contributed by atoms with Crippen molar-refractivity contribution in [2.45, 2.75) is 44.9 Å². The predicted octanol–water partition coefficient (Wildman–Crippen LogP) is 3.10. The molecule has 0 unspecified atom stereocenters. The monoisotopic (exact) mass is 276 g/mol. The Labute approximate surface area is 122 Å². The van der Waals surface area contributed by atoms with Gasteiger partial charge >= 0.3 is 5.97 Å². The Balaban J connectivity index is 3.36. The average Bonchev–Trinajstić information content (AvgIpc) is 2.47. The molecule has 20 heavy (non-hydrogen) atoms. The van der Waals surface area contributed by atoms with Gasteiger partial charge in [0.05, 0.1) is 7.11 Å².